The zero-order valence-corrected chi connectivity index (χ0v) is 17.4. The van der Waals surface area contributed by atoms with E-state index in [0.29, 0.717) is 17.3 Å². The summed E-state index contributed by atoms with van der Waals surface area (Å²) < 4.78 is 32.0. The van der Waals surface area contributed by atoms with Gasteiger partial charge in [-0.2, -0.15) is 0 Å². The standard InChI is InChI=1S/C22H24F2N4O4/c1-2-32-22(31)18(14-9-15(23)11-16(24)10-14)12-27-19(29)7-8-20(30)28-17-5-3-13(4-6-17)21(25)26/h3-6,9-11,18H,2,7-8,12H2,1H3,(H3,25,26)(H,27,29)(H,28,30). The molecule has 1 atom stereocenters. The topological polar surface area (TPSA) is 134 Å². The number of hydrogen-bond donors (Lipinski definition) is 4. The lowest BCUT2D eigenvalue weighted by atomic mass is 9.98. The fraction of sp³-hybridized carbons (Fsp3) is 0.273. The van der Waals surface area contributed by atoms with Gasteiger partial charge in [0.05, 0.1) is 12.5 Å². The molecule has 170 valence electrons. The molecule has 0 heterocycles. The first-order chi connectivity index (χ1) is 15.2. The second-order valence-corrected chi connectivity index (χ2v) is 6.85. The third-order valence-corrected chi connectivity index (χ3v) is 4.42. The number of hydrogen-bond acceptors (Lipinski definition) is 5. The number of benzene rings is 2. The summed E-state index contributed by atoms with van der Waals surface area (Å²) in [6, 6.07) is 9.00. The molecule has 0 fully saturated rings. The van der Waals surface area contributed by atoms with Crippen molar-refractivity contribution in [3.05, 3.63) is 65.2 Å². The maximum absolute atomic E-state index is 13.5. The molecule has 0 aromatic heterocycles. The average molecular weight is 446 g/mol. The van der Waals surface area contributed by atoms with Crippen LogP contribution in [0.3, 0.4) is 0 Å². The van der Waals surface area contributed by atoms with Crippen molar-refractivity contribution in [1.82, 2.24) is 5.32 Å². The highest BCUT2D eigenvalue weighted by molar-refractivity contribution is 5.96. The summed E-state index contributed by atoms with van der Waals surface area (Å²) in [4.78, 5) is 36.4. The molecule has 5 N–H and O–H groups in total. The zero-order chi connectivity index (χ0) is 23.7. The minimum absolute atomic E-state index is 0.0352. The molecule has 0 aliphatic heterocycles. The minimum Gasteiger partial charge on any atom is -0.465 e. The van der Waals surface area contributed by atoms with Crippen LogP contribution in [-0.2, 0) is 19.1 Å². The van der Waals surface area contributed by atoms with Gasteiger partial charge in [0.25, 0.3) is 0 Å². The molecule has 0 saturated heterocycles. The number of carbonyl (C=O) groups is 3. The van der Waals surface area contributed by atoms with E-state index in [1.807, 2.05) is 0 Å². The van der Waals surface area contributed by atoms with E-state index in [0.717, 1.165) is 12.1 Å². The van der Waals surface area contributed by atoms with Gasteiger partial charge in [0.1, 0.15) is 17.5 Å². The van der Waals surface area contributed by atoms with Crippen molar-refractivity contribution in [2.24, 2.45) is 5.73 Å². The van der Waals surface area contributed by atoms with Gasteiger partial charge in [0.2, 0.25) is 11.8 Å². The molecule has 8 nitrogen and oxygen atoms in total. The van der Waals surface area contributed by atoms with Crippen molar-refractivity contribution in [3.63, 3.8) is 0 Å². The normalized spacial score (nSPS) is 11.3. The van der Waals surface area contributed by atoms with E-state index in [2.05, 4.69) is 10.6 Å². The van der Waals surface area contributed by atoms with Crippen LogP contribution in [0.15, 0.2) is 42.5 Å². The zero-order valence-electron chi connectivity index (χ0n) is 17.4. The fourth-order valence-corrected chi connectivity index (χ4v) is 2.84. The van der Waals surface area contributed by atoms with Crippen molar-refractivity contribution >= 4 is 29.3 Å². The number of esters is 1. The molecule has 0 spiro atoms. The van der Waals surface area contributed by atoms with Gasteiger partial charge < -0.3 is 21.1 Å². The smallest absolute Gasteiger partial charge is 0.315 e. The molecule has 0 radical (unpaired) electrons. The highest BCUT2D eigenvalue weighted by Crippen LogP contribution is 2.20. The van der Waals surface area contributed by atoms with E-state index in [1.54, 1.807) is 31.2 Å². The van der Waals surface area contributed by atoms with Crippen LogP contribution in [-0.4, -0.2) is 36.8 Å². The Morgan fingerprint density at radius 2 is 1.62 bits per heavy atom. The summed E-state index contributed by atoms with van der Waals surface area (Å²) in [6.45, 7) is 1.41. The molecule has 2 aromatic carbocycles. The van der Waals surface area contributed by atoms with E-state index >= 15 is 0 Å². The summed E-state index contributed by atoms with van der Waals surface area (Å²) in [5.41, 5.74) is 6.40. The third-order valence-electron chi connectivity index (χ3n) is 4.42. The van der Waals surface area contributed by atoms with Crippen LogP contribution in [0.2, 0.25) is 0 Å². The first-order valence-corrected chi connectivity index (χ1v) is 9.83. The van der Waals surface area contributed by atoms with Crippen LogP contribution < -0.4 is 16.4 Å². The summed E-state index contributed by atoms with van der Waals surface area (Å²) in [6.07, 6.45) is -0.288. The number of halogens is 2. The van der Waals surface area contributed by atoms with Crippen molar-refractivity contribution in [1.29, 1.82) is 5.41 Å². The van der Waals surface area contributed by atoms with Gasteiger partial charge in [0.15, 0.2) is 0 Å². The molecule has 10 heteroatoms. The number of ether oxygens (including phenoxy) is 1. The Kier molecular flexibility index (Phi) is 8.82. The fourth-order valence-electron chi connectivity index (χ4n) is 2.84. The molecular weight excluding hydrogens is 422 g/mol. The molecule has 2 aromatic rings. The number of nitrogens with two attached hydrogens (primary N) is 1. The van der Waals surface area contributed by atoms with Crippen LogP contribution >= 0.6 is 0 Å². The van der Waals surface area contributed by atoms with Crippen LogP contribution in [0, 0.1) is 17.0 Å². The van der Waals surface area contributed by atoms with Crippen molar-refractivity contribution in [2.45, 2.75) is 25.7 Å². The predicted octanol–water partition coefficient (Wildman–Crippen LogP) is 2.43. The number of carbonyl (C=O) groups excluding carboxylic acids is 3. The summed E-state index contributed by atoms with van der Waals surface area (Å²) in [5, 5.41) is 12.4. The van der Waals surface area contributed by atoms with Crippen LogP contribution in [0.25, 0.3) is 0 Å². The maximum Gasteiger partial charge on any atom is 0.315 e. The Bertz CT molecular complexity index is 976. The van der Waals surface area contributed by atoms with Gasteiger partial charge in [0, 0.05) is 36.7 Å². The summed E-state index contributed by atoms with van der Waals surface area (Å²) in [5.74, 6) is -4.56. The van der Waals surface area contributed by atoms with E-state index in [4.69, 9.17) is 15.9 Å². The lowest BCUT2D eigenvalue weighted by molar-refractivity contribution is -0.145. The molecule has 0 saturated carbocycles. The van der Waals surface area contributed by atoms with Crippen LogP contribution in [0.5, 0.6) is 0 Å². The highest BCUT2D eigenvalue weighted by Gasteiger charge is 2.24. The second-order valence-electron chi connectivity index (χ2n) is 6.85. The van der Waals surface area contributed by atoms with Gasteiger partial charge in [-0.05, 0) is 48.9 Å². The van der Waals surface area contributed by atoms with E-state index in [-0.39, 0.29) is 37.4 Å². The Morgan fingerprint density at radius 1 is 1.03 bits per heavy atom. The highest BCUT2D eigenvalue weighted by atomic mass is 19.1. The van der Waals surface area contributed by atoms with Crippen molar-refractivity contribution in [3.8, 4) is 0 Å². The van der Waals surface area contributed by atoms with E-state index in [9.17, 15) is 23.2 Å². The van der Waals surface area contributed by atoms with E-state index in [1.165, 1.54) is 0 Å². The predicted molar refractivity (Wildman–Crippen MR) is 114 cm³/mol. The molecule has 0 aliphatic carbocycles. The Balaban J connectivity index is 1.90. The molecule has 2 rings (SSSR count). The lowest BCUT2D eigenvalue weighted by Crippen LogP contribution is -2.33. The molecular formula is C22H24F2N4O4. The largest absolute Gasteiger partial charge is 0.465 e. The number of amides is 2. The third kappa shape index (κ3) is 7.46. The van der Waals surface area contributed by atoms with Crippen molar-refractivity contribution in [2.75, 3.05) is 18.5 Å². The van der Waals surface area contributed by atoms with E-state index < -0.39 is 35.3 Å². The maximum atomic E-state index is 13.5. The first kappa shape index (κ1) is 24.4. The Labute approximate surface area is 183 Å². The monoisotopic (exact) mass is 446 g/mol. The van der Waals surface area contributed by atoms with Crippen molar-refractivity contribution < 1.29 is 27.9 Å². The number of nitrogen functional groups attached to an aromatic ring is 1. The second kappa shape index (κ2) is 11.5. The summed E-state index contributed by atoms with van der Waals surface area (Å²) >= 11 is 0. The molecule has 2 amide bonds. The number of amidine groups is 1. The molecule has 32 heavy (non-hydrogen) atoms. The SMILES string of the molecule is CCOC(=O)C(CNC(=O)CCC(=O)Nc1ccc(C(=N)N)cc1)c1cc(F)cc(F)c1. The lowest BCUT2D eigenvalue weighted by Gasteiger charge is -2.17. The first-order valence-electron chi connectivity index (χ1n) is 9.83. The number of rotatable bonds is 10. The van der Waals surface area contributed by atoms with Crippen LogP contribution in [0.1, 0.15) is 36.8 Å². The van der Waals surface area contributed by atoms with Gasteiger partial charge in [-0.25, -0.2) is 8.78 Å². The van der Waals surface area contributed by atoms with Gasteiger partial charge in [-0.3, -0.25) is 19.8 Å². The van der Waals surface area contributed by atoms with Gasteiger partial charge >= 0.3 is 5.97 Å². The Morgan fingerprint density at radius 3 is 2.19 bits per heavy atom. The van der Waals surface area contributed by atoms with Gasteiger partial charge in [-0.15, -0.1) is 0 Å². The quantitative estimate of drug-likeness (QED) is 0.253. The molecule has 0 aliphatic rings. The minimum atomic E-state index is -1.10. The number of nitrogens with one attached hydrogen (secondary N) is 3. The van der Waals surface area contributed by atoms with Gasteiger partial charge in [-0.1, -0.05) is 0 Å². The molecule has 1 unspecified atom stereocenters. The Hall–Kier alpha value is -3.82. The number of anilines is 1. The average Bonchev–Trinajstić information content (AvgIpc) is 2.72. The van der Waals surface area contributed by atoms with Crippen LogP contribution in [0.4, 0.5) is 14.5 Å². The summed E-state index contributed by atoms with van der Waals surface area (Å²) in [7, 11) is 0. The molecule has 0 bridgehead atoms.